The molecule has 0 atom stereocenters. The molecule has 0 aliphatic carbocycles. The van der Waals surface area contributed by atoms with E-state index in [1.165, 1.54) is 0 Å². The monoisotopic (exact) mass is 446 g/mol. The van der Waals surface area contributed by atoms with Crippen molar-refractivity contribution in [2.75, 3.05) is 29.4 Å². The van der Waals surface area contributed by atoms with E-state index in [1.807, 2.05) is 49.4 Å². The van der Waals surface area contributed by atoms with Gasteiger partial charge in [-0.15, -0.1) is 0 Å². The van der Waals surface area contributed by atoms with Gasteiger partial charge in [0, 0.05) is 36.6 Å². The lowest BCUT2D eigenvalue weighted by Gasteiger charge is -2.26. The number of carbonyl (C=O) groups excluding carboxylic acids is 2. The third-order valence-corrected chi connectivity index (χ3v) is 5.38. The van der Waals surface area contributed by atoms with E-state index in [4.69, 9.17) is 5.21 Å². The van der Waals surface area contributed by atoms with E-state index in [2.05, 4.69) is 29.3 Å². The van der Waals surface area contributed by atoms with Gasteiger partial charge in [-0.1, -0.05) is 42.5 Å². The molecule has 3 N–H and O–H groups in total. The van der Waals surface area contributed by atoms with Crippen molar-refractivity contribution in [2.24, 2.45) is 0 Å². The Bertz CT molecular complexity index is 1050. The molecule has 0 spiro atoms. The highest BCUT2D eigenvalue weighted by Crippen LogP contribution is 2.20. The highest BCUT2D eigenvalue weighted by atomic mass is 16.5. The number of hydrogen-bond donors (Lipinski definition) is 3. The molecule has 0 aliphatic rings. The summed E-state index contributed by atoms with van der Waals surface area (Å²) in [7, 11) is 0. The summed E-state index contributed by atoms with van der Waals surface area (Å²) in [6.45, 7) is 6.45. The molecule has 0 saturated heterocycles. The number of para-hydroxylation sites is 1. The van der Waals surface area contributed by atoms with Gasteiger partial charge in [-0.05, 0) is 61.4 Å². The van der Waals surface area contributed by atoms with Crippen LogP contribution in [0.4, 0.5) is 16.2 Å². The second kappa shape index (κ2) is 11.7. The van der Waals surface area contributed by atoms with E-state index < -0.39 is 5.91 Å². The minimum Gasteiger partial charge on any atom is -0.370 e. The molecule has 172 valence electrons. The molecule has 0 bridgehead atoms. The van der Waals surface area contributed by atoms with Crippen molar-refractivity contribution in [1.82, 2.24) is 10.8 Å². The molecule has 7 heteroatoms. The summed E-state index contributed by atoms with van der Waals surface area (Å²) < 4.78 is 0. The highest BCUT2D eigenvalue weighted by molar-refractivity contribution is 5.94. The summed E-state index contributed by atoms with van der Waals surface area (Å²) in [6.07, 6.45) is 0. The molecule has 33 heavy (non-hydrogen) atoms. The molecule has 0 saturated carbocycles. The van der Waals surface area contributed by atoms with Gasteiger partial charge in [-0.25, -0.2) is 10.3 Å². The van der Waals surface area contributed by atoms with Crippen molar-refractivity contribution in [1.29, 1.82) is 0 Å². The van der Waals surface area contributed by atoms with Crippen LogP contribution >= 0.6 is 0 Å². The predicted molar refractivity (Wildman–Crippen MR) is 131 cm³/mol. The Hall–Kier alpha value is -3.84. The Morgan fingerprint density at radius 2 is 1.61 bits per heavy atom. The lowest BCUT2D eigenvalue weighted by Crippen LogP contribution is -2.43. The van der Waals surface area contributed by atoms with Crippen LogP contribution in [0, 0.1) is 6.92 Å². The van der Waals surface area contributed by atoms with Crippen LogP contribution in [0.15, 0.2) is 78.9 Å². The smallest absolute Gasteiger partial charge is 0.322 e. The number of benzene rings is 3. The number of hydroxylamine groups is 1. The molecule has 7 nitrogen and oxygen atoms in total. The summed E-state index contributed by atoms with van der Waals surface area (Å²) in [5.74, 6) is -0.575. The Labute approximate surface area is 194 Å². The van der Waals surface area contributed by atoms with E-state index in [0.717, 1.165) is 29.0 Å². The summed E-state index contributed by atoms with van der Waals surface area (Å²) in [5.41, 5.74) is 5.80. The van der Waals surface area contributed by atoms with Gasteiger partial charge >= 0.3 is 6.03 Å². The Morgan fingerprint density at radius 3 is 2.24 bits per heavy atom. The molecule has 0 radical (unpaired) electrons. The number of urea groups is 1. The van der Waals surface area contributed by atoms with Gasteiger partial charge in [0.05, 0.1) is 6.54 Å². The normalized spacial score (nSPS) is 10.4. The number of nitrogens with one attached hydrogen (secondary N) is 2. The van der Waals surface area contributed by atoms with Gasteiger partial charge in [0.1, 0.15) is 0 Å². The number of nitrogens with zero attached hydrogens (tertiary/aromatic N) is 2. The average molecular weight is 447 g/mol. The number of anilines is 2. The molecular formula is C26H30N4O3. The standard InChI is InChI=1S/C26H30N4O3/c1-3-29(23-9-5-4-6-10-23)17-16-27-26(32)30(24-11-7-8-20(2)18-24)19-21-12-14-22(15-13-21)25(31)28-33/h4-15,18,33H,3,16-17,19H2,1-2H3,(H,27,32)(H,28,31). The summed E-state index contributed by atoms with van der Waals surface area (Å²) in [5, 5.41) is 11.8. The van der Waals surface area contributed by atoms with Crippen LogP contribution in [-0.4, -0.2) is 36.8 Å². The number of aryl methyl sites for hydroxylation is 1. The van der Waals surface area contributed by atoms with Crippen LogP contribution in [-0.2, 0) is 6.54 Å². The largest absolute Gasteiger partial charge is 0.370 e. The molecule has 0 fully saturated rings. The van der Waals surface area contributed by atoms with E-state index in [-0.39, 0.29) is 6.03 Å². The first-order chi connectivity index (χ1) is 16.0. The van der Waals surface area contributed by atoms with Crippen LogP contribution < -0.4 is 20.6 Å². The number of hydrogen-bond acceptors (Lipinski definition) is 4. The quantitative estimate of drug-likeness (QED) is 0.337. The molecule has 0 aliphatic heterocycles. The zero-order chi connectivity index (χ0) is 23.6. The summed E-state index contributed by atoms with van der Waals surface area (Å²) in [6, 6.07) is 24.5. The van der Waals surface area contributed by atoms with E-state index in [1.54, 1.807) is 34.6 Å². The maximum Gasteiger partial charge on any atom is 0.322 e. The van der Waals surface area contributed by atoms with E-state index in [0.29, 0.717) is 25.2 Å². The Morgan fingerprint density at radius 1 is 0.909 bits per heavy atom. The second-order valence-corrected chi connectivity index (χ2v) is 7.71. The third-order valence-electron chi connectivity index (χ3n) is 5.38. The first kappa shape index (κ1) is 23.8. The Balaban J connectivity index is 1.71. The van der Waals surface area contributed by atoms with Crippen molar-refractivity contribution >= 4 is 23.3 Å². The molecule has 3 rings (SSSR count). The molecule has 3 amide bonds. The topological polar surface area (TPSA) is 84.9 Å². The summed E-state index contributed by atoms with van der Waals surface area (Å²) in [4.78, 5) is 28.7. The van der Waals surface area contributed by atoms with Gasteiger partial charge < -0.3 is 10.2 Å². The van der Waals surface area contributed by atoms with Gasteiger partial charge in [0.2, 0.25) is 0 Å². The number of rotatable bonds is 9. The number of likely N-dealkylation sites (N-methyl/N-ethyl adjacent to an activating group) is 1. The maximum atomic E-state index is 13.2. The van der Waals surface area contributed by atoms with Gasteiger partial charge in [-0.3, -0.25) is 14.9 Å². The lowest BCUT2D eigenvalue weighted by molar-refractivity contribution is 0.0706. The van der Waals surface area contributed by atoms with E-state index >= 15 is 0 Å². The fraction of sp³-hybridized carbons (Fsp3) is 0.231. The van der Waals surface area contributed by atoms with Crippen LogP contribution in [0.2, 0.25) is 0 Å². The van der Waals surface area contributed by atoms with Gasteiger partial charge in [-0.2, -0.15) is 0 Å². The van der Waals surface area contributed by atoms with Crippen molar-refractivity contribution in [2.45, 2.75) is 20.4 Å². The van der Waals surface area contributed by atoms with Crippen molar-refractivity contribution < 1.29 is 14.8 Å². The van der Waals surface area contributed by atoms with Gasteiger partial charge in [0.25, 0.3) is 5.91 Å². The molecule has 0 heterocycles. The first-order valence-electron chi connectivity index (χ1n) is 11.0. The third kappa shape index (κ3) is 6.57. The predicted octanol–water partition coefficient (Wildman–Crippen LogP) is 4.36. The van der Waals surface area contributed by atoms with Crippen molar-refractivity contribution in [3.8, 4) is 0 Å². The number of carbonyl (C=O) groups is 2. The van der Waals surface area contributed by atoms with Crippen LogP contribution in [0.25, 0.3) is 0 Å². The molecular weight excluding hydrogens is 416 g/mol. The number of amides is 3. The zero-order valence-corrected chi connectivity index (χ0v) is 19.0. The van der Waals surface area contributed by atoms with Crippen LogP contribution in [0.5, 0.6) is 0 Å². The SMILES string of the molecule is CCN(CCNC(=O)N(Cc1ccc(C(=O)NO)cc1)c1cccc(C)c1)c1ccccc1. The minimum atomic E-state index is -0.575. The average Bonchev–Trinajstić information content (AvgIpc) is 2.85. The second-order valence-electron chi connectivity index (χ2n) is 7.71. The highest BCUT2D eigenvalue weighted by Gasteiger charge is 2.17. The van der Waals surface area contributed by atoms with Crippen molar-refractivity contribution in [3.63, 3.8) is 0 Å². The van der Waals surface area contributed by atoms with E-state index in [9.17, 15) is 9.59 Å². The molecule has 3 aromatic carbocycles. The first-order valence-corrected chi connectivity index (χ1v) is 11.0. The van der Waals surface area contributed by atoms with Gasteiger partial charge in [0.15, 0.2) is 0 Å². The van der Waals surface area contributed by atoms with Crippen molar-refractivity contribution in [3.05, 3.63) is 95.6 Å². The molecule has 0 unspecified atom stereocenters. The maximum absolute atomic E-state index is 13.2. The minimum absolute atomic E-state index is 0.193. The zero-order valence-electron chi connectivity index (χ0n) is 19.0. The van der Waals surface area contributed by atoms with Crippen LogP contribution in [0.1, 0.15) is 28.4 Å². The fourth-order valence-electron chi connectivity index (χ4n) is 3.59. The lowest BCUT2D eigenvalue weighted by atomic mass is 10.1. The van der Waals surface area contributed by atoms with Crippen LogP contribution in [0.3, 0.4) is 0 Å². The fourth-order valence-corrected chi connectivity index (χ4v) is 3.59. The molecule has 3 aromatic rings. The Kier molecular flexibility index (Phi) is 8.43. The molecule has 0 aromatic heterocycles. The summed E-state index contributed by atoms with van der Waals surface area (Å²) >= 11 is 0.